The van der Waals surface area contributed by atoms with Crippen LogP contribution in [0.15, 0.2) is 35.1 Å². The van der Waals surface area contributed by atoms with E-state index in [9.17, 15) is 4.79 Å². The number of hydrogen-bond acceptors (Lipinski definition) is 4. The Balaban J connectivity index is 1.72. The Kier molecular flexibility index (Phi) is 4.70. The van der Waals surface area contributed by atoms with Gasteiger partial charge < -0.3 is 9.73 Å². The Morgan fingerprint density at radius 3 is 2.76 bits per heavy atom. The van der Waals surface area contributed by atoms with Crippen molar-refractivity contribution in [3.63, 3.8) is 0 Å². The predicted octanol–water partition coefficient (Wildman–Crippen LogP) is 4.12. The summed E-state index contributed by atoms with van der Waals surface area (Å²) in [7, 11) is 0. The number of carbonyl (C=O) groups is 1. The summed E-state index contributed by atoms with van der Waals surface area (Å²) < 4.78 is 5.37. The van der Waals surface area contributed by atoms with Crippen LogP contribution in [0.5, 0.6) is 0 Å². The van der Waals surface area contributed by atoms with Crippen molar-refractivity contribution in [3.05, 3.63) is 53.2 Å². The SMILES string of the molecule is Cc1ccc(NC(=O)CC(C)c2c(C)n[nH]c2C)cc1-c1ncco1. The molecule has 1 atom stereocenters. The molecule has 1 amide bonds. The lowest BCUT2D eigenvalue weighted by Gasteiger charge is -2.13. The molecule has 6 nitrogen and oxygen atoms in total. The number of nitrogens with zero attached hydrogens (tertiary/aromatic N) is 2. The minimum atomic E-state index is -0.0327. The van der Waals surface area contributed by atoms with Gasteiger partial charge in [0.2, 0.25) is 11.8 Å². The lowest BCUT2D eigenvalue weighted by Crippen LogP contribution is -2.15. The zero-order valence-corrected chi connectivity index (χ0v) is 14.9. The molecule has 0 fully saturated rings. The van der Waals surface area contributed by atoms with Crippen LogP contribution in [0.25, 0.3) is 11.5 Å². The minimum Gasteiger partial charge on any atom is -0.445 e. The van der Waals surface area contributed by atoms with Crippen LogP contribution in [-0.2, 0) is 4.79 Å². The number of hydrogen-bond donors (Lipinski definition) is 2. The van der Waals surface area contributed by atoms with Gasteiger partial charge in [-0.2, -0.15) is 5.10 Å². The molecule has 3 aromatic rings. The molecule has 2 heterocycles. The van der Waals surface area contributed by atoms with Crippen LogP contribution in [0.1, 0.15) is 41.8 Å². The van der Waals surface area contributed by atoms with E-state index in [4.69, 9.17) is 4.42 Å². The summed E-state index contributed by atoms with van der Waals surface area (Å²) in [6.07, 6.45) is 3.54. The standard InChI is InChI=1S/C19H22N4O2/c1-11-5-6-15(10-16(11)19-20-7-8-25-19)21-17(24)9-12(2)18-13(3)22-23-14(18)4/h5-8,10,12H,9H2,1-4H3,(H,21,24)(H,22,23). The second kappa shape index (κ2) is 6.93. The molecule has 25 heavy (non-hydrogen) atoms. The van der Waals surface area contributed by atoms with E-state index >= 15 is 0 Å². The second-order valence-electron chi connectivity index (χ2n) is 6.37. The molecule has 0 bridgehead atoms. The molecule has 0 radical (unpaired) electrons. The fourth-order valence-electron chi connectivity index (χ4n) is 3.16. The van der Waals surface area contributed by atoms with E-state index in [-0.39, 0.29) is 11.8 Å². The summed E-state index contributed by atoms with van der Waals surface area (Å²) in [4.78, 5) is 16.6. The highest BCUT2D eigenvalue weighted by molar-refractivity contribution is 5.92. The average molecular weight is 338 g/mol. The molecule has 3 rings (SSSR count). The minimum absolute atomic E-state index is 0.0327. The Hall–Kier alpha value is -2.89. The topological polar surface area (TPSA) is 83.8 Å². The second-order valence-corrected chi connectivity index (χ2v) is 6.37. The Morgan fingerprint density at radius 2 is 2.12 bits per heavy atom. The van der Waals surface area contributed by atoms with Crippen molar-refractivity contribution in [2.24, 2.45) is 0 Å². The molecule has 0 aliphatic rings. The first kappa shape index (κ1) is 17.0. The first-order chi connectivity index (χ1) is 12.0. The average Bonchev–Trinajstić information content (AvgIpc) is 3.19. The monoisotopic (exact) mass is 338 g/mol. The molecular weight excluding hydrogens is 316 g/mol. The molecule has 2 N–H and O–H groups in total. The van der Waals surface area contributed by atoms with Crippen molar-refractivity contribution in [2.45, 2.75) is 40.0 Å². The van der Waals surface area contributed by atoms with Crippen molar-refractivity contribution in [3.8, 4) is 11.5 Å². The lowest BCUT2D eigenvalue weighted by atomic mass is 9.95. The molecule has 0 spiro atoms. The number of carbonyl (C=O) groups excluding carboxylic acids is 1. The molecule has 130 valence electrons. The smallest absolute Gasteiger partial charge is 0.226 e. The number of aromatic nitrogens is 3. The van der Waals surface area contributed by atoms with Crippen LogP contribution < -0.4 is 5.32 Å². The number of anilines is 1. The summed E-state index contributed by atoms with van der Waals surface area (Å²) in [5.74, 6) is 0.608. The molecule has 0 aliphatic carbocycles. The number of oxazole rings is 1. The summed E-state index contributed by atoms with van der Waals surface area (Å²) in [6, 6.07) is 5.72. The van der Waals surface area contributed by atoms with E-state index in [2.05, 4.69) is 20.5 Å². The van der Waals surface area contributed by atoms with Gasteiger partial charge in [-0.05, 0) is 49.9 Å². The number of aryl methyl sites for hydroxylation is 3. The fourth-order valence-corrected chi connectivity index (χ4v) is 3.16. The van der Waals surface area contributed by atoms with Gasteiger partial charge in [-0.3, -0.25) is 9.89 Å². The van der Waals surface area contributed by atoms with Crippen LogP contribution in [-0.4, -0.2) is 21.1 Å². The van der Waals surface area contributed by atoms with Crippen LogP contribution in [0.3, 0.4) is 0 Å². The quantitative estimate of drug-likeness (QED) is 0.733. The maximum absolute atomic E-state index is 12.4. The molecule has 1 aromatic carbocycles. The van der Waals surface area contributed by atoms with E-state index in [0.29, 0.717) is 12.3 Å². The Labute approximate surface area is 146 Å². The van der Waals surface area contributed by atoms with E-state index in [1.165, 1.54) is 6.26 Å². The zero-order valence-electron chi connectivity index (χ0n) is 14.9. The largest absolute Gasteiger partial charge is 0.445 e. The molecule has 6 heteroatoms. The number of aromatic amines is 1. The van der Waals surface area contributed by atoms with Gasteiger partial charge in [-0.25, -0.2) is 4.98 Å². The van der Waals surface area contributed by atoms with Gasteiger partial charge in [-0.15, -0.1) is 0 Å². The molecule has 2 aromatic heterocycles. The highest BCUT2D eigenvalue weighted by Gasteiger charge is 2.18. The van der Waals surface area contributed by atoms with E-state index in [1.54, 1.807) is 6.20 Å². The van der Waals surface area contributed by atoms with Crippen molar-refractivity contribution in [2.75, 3.05) is 5.32 Å². The van der Waals surface area contributed by atoms with Gasteiger partial charge in [0.1, 0.15) is 6.26 Å². The molecule has 1 unspecified atom stereocenters. The summed E-state index contributed by atoms with van der Waals surface area (Å²) >= 11 is 0. The maximum atomic E-state index is 12.4. The van der Waals surface area contributed by atoms with Gasteiger partial charge in [-0.1, -0.05) is 13.0 Å². The number of nitrogens with one attached hydrogen (secondary N) is 2. The highest BCUT2D eigenvalue weighted by Crippen LogP contribution is 2.27. The first-order valence-electron chi connectivity index (χ1n) is 8.27. The van der Waals surface area contributed by atoms with Crippen molar-refractivity contribution in [1.29, 1.82) is 0 Å². The third-order valence-corrected chi connectivity index (χ3v) is 4.35. The summed E-state index contributed by atoms with van der Waals surface area (Å²) in [5.41, 5.74) is 5.71. The number of H-pyrrole nitrogens is 1. The Morgan fingerprint density at radius 1 is 1.32 bits per heavy atom. The van der Waals surface area contributed by atoms with Gasteiger partial charge in [0.25, 0.3) is 0 Å². The van der Waals surface area contributed by atoms with Gasteiger partial charge in [0.15, 0.2) is 0 Å². The molecular formula is C19H22N4O2. The summed E-state index contributed by atoms with van der Waals surface area (Å²) in [5, 5.41) is 10.1. The lowest BCUT2D eigenvalue weighted by molar-refractivity contribution is -0.116. The molecule has 0 saturated carbocycles. The van der Waals surface area contributed by atoms with Crippen LogP contribution in [0.2, 0.25) is 0 Å². The van der Waals surface area contributed by atoms with Crippen LogP contribution >= 0.6 is 0 Å². The van der Waals surface area contributed by atoms with E-state index < -0.39 is 0 Å². The van der Waals surface area contributed by atoms with Crippen molar-refractivity contribution >= 4 is 11.6 Å². The van der Waals surface area contributed by atoms with Crippen LogP contribution in [0.4, 0.5) is 5.69 Å². The first-order valence-corrected chi connectivity index (χ1v) is 8.27. The van der Waals surface area contributed by atoms with Gasteiger partial charge >= 0.3 is 0 Å². The third kappa shape index (κ3) is 3.63. The zero-order chi connectivity index (χ0) is 18.0. The van der Waals surface area contributed by atoms with E-state index in [0.717, 1.165) is 33.8 Å². The number of benzene rings is 1. The van der Waals surface area contributed by atoms with Crippen LogP contribution in [0, 0.1) is 20.8 Å². The maximum Gasteiger partial charge on any atom is 0.226 e. The van der Waals surface area contributed by atoms with E-state index in [1.807, 2.05) is 45.9 Å². The molecule has 0 saturated heterocycles. The highest BCUT2D eigenvalue weighted by atomic mass is 16.3. The third-order valence-electron chi connectivity index (χ3n) is 4.35. The predicted molar refractivity (Wildman–Crippen MR) is 96.4 cm³/mol. The molecule has 0 aliphatic heterocycles. The number of amides is 1. The normalized spacial score (nSPS) is 12.2. The number of rotatable bonds is 5. The van der Waals surface area contributed by atoms with Gasteiger partial charge in [0, 0.05) is 23.4 Å². The fraction of sp³-hybridized carbons (Fsp3) is 0.316. The summed E-state index contributed by atoms with van der Waals surface area (Å²) in [6.45, 7) is 7.96. The van der Waals surface area contributed by atoms with Crippen molar-refractivity contribution in [1.82, 2.24) is 15.2 Å². The van der Waals surface area contributed by atoms with Gasteiger partial charge in [0.05, 0.1) is 11.9 Å². The van der Waals surface area contributed by atoms with Crippen molar-refractivity contribution < 1.29 is 9.21 Å². The Bertz CT molecular complexity index is 861.